The summed E-state index contributed by atoms with van der Waals surface area (Å²) in [4.78, 5) is 51.0. The zero-order valence-corrected chi connectivity index (χ0v) is 19.6. The summed E-state index contributed by atoms with van der Waals surface area (Å²) in [7, 11) is 0. The molecule has 2 aromatic rings. The summed E-state index contributed by atoms with van der Waals surface area (Å²) in [6, 6.07) is 0. The molecule has 8 nitrogen and oxygen atoms in total. The Labute approximate surface area is 191 Å². The zero-order valence-electron chi connectivity index (χ0n) is 18.8. The maximum absolute atomic E-state index is 13.3. The number of hydrogen-bond acceptors (Lipinski definition) is 6. The monoisotopic (exact) mass is 457 g/mol. The fraction of sp³-hybridized carbons (Fsp3) is 0.652. The molecule has 0 atom stereocenters. The Morgan fingerprint density at radius 1 is 0.906 bits per heavy atom. The molecule has 0 spiro atoms. The van der Waals surface area contributed by atoms with Crippen molar-refractivity contribution in [2.45, 2.75) is 52.0 Å². The molecule has 0 N–H and O–H groups in total. The molecule has 3 aliphatic heterocycles. The van der Waals surface area contributed by atoms with Gasteiger partial charge in [-0.25, -0.2) is 4.98 Å². The smallest absolute Gasteiger partial charge is 0.264 e. The molecule has 172 valence electrons. The molecular weight excluding hydrogens is 426 g/mol. The number of carbonyl (C=O) groups is 2. The lowest BCUT2D eigenvalue weighted by atomic mass is 10.2. The van der Waals surface area contributed by atoms with Gasteiger partial charge in [-0.05, 0) is 38.2 Å². The van der Waals surface area contributed by atoms with Gasteiger partial charge >= 0.3 is 0 Å². The van der Waals surface area contributed by atoms with Crippen LogP contribution >= 0.6 is 11.3 Å². The second-order valence-corrected chi connectivity index (χ2v) is 10.2. The van der Waals surface area contributed by atoms with E-state index < -0.39 is 0 Å². The maximum atomic E-state index is 13.3. The van der Waals surface area contributed by atoms with Crippen molar-refractivity contribution in [2.75, 3.05) is 45.8 Å². The Morgan fingerprint density at radius 2 is 1.62 bits per heavy atom. The first-order valence-electron chi connectivity index (χ1n) is 11.8. The third-order valence-electron chi connectivity index (χ3n) is 7.08. The Bertz CT molecular complexity index is 1090. The summed E-state index contributed by atoms with van der Waals surface area (Å²) in [6.45, 7) is 7.38. The molecule has 0 aliphatic carbocycles. The van der Waals surface area contributed by atoms with E-state index in [-0.39, 0.29) is 17.4 Å². The first-order chi connectivity index (χ1) is 15.5. The number of piperazine rings is 1. The SMILES string of the molecule is Cc1c(C(=O)N2CCN(CC(=O)N3CCCC3)CC2)sc2nc3n(c(=O)c12)CCCCC3. The van der Waals surface area contributed by atoms with Gasteiger partial charge in [0.2, 0.25) is 5.91 Å². The third-order valence-corrected chi connectivity index (χ3v) is 8.26. The lowest BCUT2D eigenvalue weighted by Crippen LogP contribution is -2.51. The topological polar surface area (TPSA) is 78.8 Å². The van der Waals surface area contributed by atoms with Gasteiger partial charge in [-0.15, -0.1) is 11.3 Å². The van der Waals surface area contributed by atoms with Crippen molar-refractivity contribution in [3.8, 4) is 0 Å². The number of thiophene rings is 1. The summed E-state index contributed by atoms with van der Waals surface area (Å²) in [5, 5.41) is 0.610. The van der Waals surface area contributed by atoms with Crippen molar-refractivity contribution in [3.63, 3.8) is 0 Å². The highest BCUT2D eigenvalue weighted by Gasteiger charge is 2.29. The van der Waals surface area contributed by atoms with Gasteiger partial charge in [-0.3, -0.25) is 23.9 Å². The third kappa shape index (κ3) is 3.96. The number of aromatic nitrogens is 2. The molecule has 2 amide bonds. The fourth-order valence-corrected chi connectivity index (χ4v) is 6.28. The van der Waals surface area contributed by atoms with E-state index in [2.05, 4.69) is 4.90 Å². The number of carbonyl (C=O) groups excluding carboxylic acids is 2. The van der Waals surface area contributed by atoms with E-state index in [4.69, 9.17) is 4.98 Å². The molecule has 2 fully saturated rings. The lowest BCUT2D eigenvalue weighted by Gasteiger charge is -2.34. The van der Waals surface area contributed by atoms with E-state index in [1.54, 1.807) is 0 Å². The number of aryl methyl sites for hydroxylation is 2. The van der Waals surface area contributed by atoms with Crippen LogP contribution in [-0.4, -0.2) is 81.9 Å². The van der Waals surface area contributed by atoms with Crippen LogP contribution in [0.25, 0.3) is 10.2 Å². The van der Waals surface area contributed by atoms with Crippen molar-refractivity contribution in [1.82, 2.24) is 24.3 Å². The normalized spacial score (nSPS) is 19.9. The van der Waals surface area contributed by atoms with Crippen molar-refractivity contribution < 1.29 is 9.59 Å². The summed E-state index contributed by atoms with van der Waals surface area (Å²) < 4.78 is 1.82. The van der Waals surface area contributed by atoms with Crippen LogP contribution in [0.3, 0.4) is 0 Å². The number of rotatable bonds is 3. The molecule has 0 saturated carbocycles. The average Bonchev–Trinajstić information content (AvgIpc) is 3.37. The van der Waals surface area contributed by atoms with Crippen LogP contribution in [0.4, 0.5) is 0 Å². The Kier molecular flexibility index (Phi) is 6.03. The van der Waals surface area contributed by atoms with Crippen molar-refractivity contribution in [3.05, 3.63) is 26.6 Å². The molecule has 9 heteroatoms. The van der Waals surface area contributed by atoms with E-state index in [1.165, 1.54) is 11.3 Å². The highest BCUT2D eigenvalue weighted by molar-refractivity contribution is 7.20. The molecule has 2 aromatic heterocycles. The van der Waals surface area contributed by atoms with Gasteiger partial charge in [-0.2, -0.15) is 0 Å². The molecule has 5 rings (SSSR count). The van der Waals surface area contributed by atoms with Crippen LogP contribution in [0.1, 0.15) is 53.2 Å². The Morgan fingerprint density at radius 3 is 2.38 bits per heavy atom. The molecule has 32 heavy (non-hydrogen) atoms. The minimum atomic E-state index is -0.0180. The number of fused-ring (bicyclic) bond motifs is 2. The molecule has 0 radical (unpaired) electrons. The van der Waals surface area contributed by atoms with Crippen LogP contribution in [0.5, 0.6) is 0 Å². The fourth-order valence-electron chi connectivity index (χ4n) is 5.12. The van der Waals surface area contributed by atoms with E-state index in [9.17, 15) is 14.4 Å². The van der Waals surface area contributed by atoms with Gasteiger partial charge in [0.15, 0.2) is 0 Å². The maximum Gasteiger partial charge on any atom is 0.264 e. The summed E-state index contributed by atoms with van der Waals surface area (Å²) in [5.74, 6) is 1.04. The average molecular weight is 458 g/mol. The van der Waals surface area contributed by atoms with E-state index in [0.29, 0.717) is 54.4 Å². The quantitative estimate of drug-likeness (QED) is 0.703. The second kappa shape index (κ2) is 8.94. The molecule has 3 aliphatic rings. The molecule has 2 saturated heterocycles. The molecule has 0 bridgehead atoms. The summed E-state index contributed by atoms with van der Waals surface area (Å²) in [5.41, 5.74) is 0.767. The highest BCUT2D eigenvalue weighted by atomic mass is 32.1. The number of nitrogens with zero attached hydrogens (tertiary/aromatic N) is 5. The zero-order chi connectivity index (χ0) is 22.2. The second-order valence-electron chi connectivity index (χ2n) is 9.19. The largest absolute Gasteiger partial charge is 0.342 e. The summed E-state index contributed by atoms with van der Waals surface area (Å²) in [6.07, 6.45) is 6.20. The molecule has 0 aromatic carbocycles. The first kappa shape index (κ1) is 21.6. The van der Waals surface area contributed by atoms with Gasteiger partial charge in [0, 0.05) is 52.2 Å². The van der Waals surface area contributed by atoms with Crippen molar-refractivity contribution >= 4 is 33.4 Å². The predicted octanol–water partition coefficient (Wildman–Crippen LogP) is 1.87. The minimum Gasteiger partial charge on any atom is -0.342 e. The van der Waals surface area contributed by atoms with Crippen LogP contribution in [-0.2, 0) is 17.8 Å². The van der Waals surface area contributed by atoms with Crippen LogP contribution in [0.2, 0.25) is 0 Å². The standard InChI is InChI=1S/C23H31N5O3S/c1-16-19-21(24-17-7-3-2-4-10-28(17)22(19)30)32-20(16)23(31)27-13-11-25(12-14-27)15-18(29)26-8-5-6-9-26/h2-15H2,1H3. The highest BCUT2D eigenvalue weighted by Crippen LogP contribution is 2.29. The number of likely N-dealkylation sites (tertiary alicyclic amines) is 1. The van der Waals surface area contributed by atoms with E-state index in [0.717, 1.165) is 63.0 Å². The van der Waals surface area contributed by atoms with Gasteiger partial charge in [0.25, 0.3) is 11.5 Å². The van der Waals surface area contributed by atoms with Crippen molar-refractivity contribution in [1.29, 1.82) is 0 Å². The summed E-state index contributed by atoms with van der Waals surface area (Å²) >= 11 is 1.36. The Hall–Kier alpha value is -2.26. The van der Waals surface area contributed by atoms with E-state index in [1.807, 2.05) is 21.3 Å². The number of amides is 2. The molecular formula is C23H31N5O3S. The van der Waals surface area contributed by atoms with Gasteiger partial charge < -0.3 is 9.80 Å². The van der Waals surface area contributed by atoms with Crippen LogP contribution in [0, 0.1) is 6.92 Å². The molecule has 5 heterocycles. The lowest BCUT2D eigenvalue weighted by molar-refractivity contribution is -0.131. The van der Waals surface area contributed by atoms with Crippen LogP contribution in [0.15, 0.2) is 4.79 Å². The number of hydrogen-bond donors (Lipinski definition) is 0. The first-order valence-corrected chi connectivity index (χ1v) is 12.7. The predicted molar refractivity (Wildman–Crippen MR) is 124 cm³/mol. The van der Waals surface area contributed by atoms with Gasteiger partial charge in [0.1, 0.15) is 10.7 Å². The van der Waals surface area contributed by atoms with Gasteiger partial charge in [0.05, 0.1) is 16.8 Å². The Balaban J connectivity index is 1.30. The van der Waals surface area contributed by atoms with Gasteiger partial charge in [-0.1, -0.05) is 6.42 Å². The van der Waals surface area contributed by atoms with Crippen LogP contribution < -0.4 is 5.56 Å². The van der Waals surface area contributed by atoms with E-state index >= 15 is 0 Å². The van der Waals surface area contributed by atoms with Crippen molar-refractivity contribution in [2.24, 2.45) is 0 Å². The molecule has 0 unspecified atom stereocenters. The minimum absolute atomic E-state index is 0.00458.